The van der Waals surface area contributed by atoms with Crippen LogP contribution >= 0.6 is 15.9 Å². The zero-order chi connectivity index (χ0) is 11.3. The van der Waals surface area contributed by atoms with Crippen molar-refractivity contribution in [2.75, 3.05) is 13.2 Å². The molecule has 1 atom stereocenters. The van der Waals surface area contributed by atoms with Gasteiger partial charge in [0.2, 0.25) is 0 Å². The van der Waals surface area contributed by atoms with Crippen LogP contribution in [0.15, 0.2) is 22.7 Å². The van der Waals surface area contributed by atoms with E-state index in [2.05, 4.69) is 21.4 Å². The van der Waals surface area contributed by atoms with E-state index >= 15 is 0 Å². The summed E-state index contributed by atoms with van der Waals surface area (Å²) in [5.41, 5.74) is 3.36. The highest BCUT2D eigenvalue weighted by Gasteiger charge is 2.11. The van der Waals surface area contributed by atoms with Gasteiger partial charge in [0.05, 0.1) is 12.6 Å². The summed E-state index contributed by atoms with van der Waals surface area (Å²) >= 11 is 3.23. The Morgan fingerprint density at radius 1 is 1.53 bits per heavy atom. The fourth-order valence-corrected chi connectivity index (χ4v) is 1.74. The smallest absolute Gasteiger partial charge is 0.124 e. The maximum Gasteiger partial charge on any atom is 0.124 e. The van der Waals surface area contributed by atoms with Gasteiger partial charge in [-0.2, -0.15) is 0 Å². The highest BCUT2D eigenvalue weighted by atomic mass is 79.9. The summed E-state index contributed by atoms with van der Waals surface area (Å²) in [4.78, 5) is 0. The van der Waals surface area contributed by atoms with Crippen molar-refractivity contribution < 1.29 is 9.13 Å². The van der Waals surface area contributed by atoms with Crippen LogP contribution in [0.5, 0.6) is 0 Å². The van der Waals surface area contributed by atoms with E-state index in [4.69, 9.17) is 10.6 Å². The minimum absolute atomic E-state index is 0.197. The zero-order valence-electron chi connectivity index (χ0n) is 8.47. The second-order valence-electron chi connectivity index (χ2n) is 3.08. The van der Waals surface area contributed by atoms with E-state index in [0.29, 0.717) is 17.7 Å². The topological polar surface area (TPSA) is 47.3 Å². The minimum Gasteiger partial charge on any atom is -0.380 e. The van der Waals surface area contributed by atoms with Gasteiger partial charge in [0, 0.05) is 11.1 Å². The van der Waals surface area contributed by atoms with Crippen molar-refractivity contribution in [3.05, 3.63) is 34.1 Å². The summed E-state index contributed by atoms with van der Waals surface area (Å²) < 4.78 is 19.0. The molecule has 1 aromatic rings. The number of hydrazine groups is 1. The van der Waals surface area contributed by atoms with Gasteiger partial charge in [-0.05, 0) is 30.7 Å². The minimum atomic E-state index is -0.295. The molecule has 5 heteroatoms. The molecule has 1 aromatic carbocycles. The predicted octanol–water partition coefficient (Wildman–Crippen LogP) is 2.13. The number of hydrogen-bond donors (Lipinski definition) is 2. The molecule has 0 saturated carbocycles. The predicted molar refractivity (Wildman–Crippen MR) is 60.7 cm³/mol. The Labute approximate surface area is 96.9 Å². The summed E-state index contributed by atoms with van der Waals surface area (Å²) in [6.07, 6.45) is 0. The standard InChI is InChI=1S/C10H14BrFN2O/c1-2-15-6-10(14-13)7-3-8(11)5-9(12)4-7/h3-5,10,14H,2,6,13H2,1H3. The largest absolute Gasteiger partial charge is 0.380 e. The normalized spacial score (nSPS) is 12.8. The molecule has 0 amide bonds. The fraction of sp³-hybridized carbons (Fsp3) is 0.400. The van der Waals surface area contributed by atoms with Crippen LogP contribution in [0.3, 0.4) is 0 Å². The maximum absolute atomic E-state index is 13.1. The van der Waals surface area contributed by atoms with Crippen LogP contribution in [0.4, 0.5) is 4.39 Å². The molecule has 1 unspecified atom stereocenters. The Morgan fingerprint density at radius 2 is 2.27 bits per heavy atom. The highest BCUT2D eigenvalue weighted by Crippen LogP contribution is 2.20. The van der Waals surface area contributed by atoms with E-state index in [1.165, 1.54) is 12.1 Å². The number of nitrogens with two attached hydrogens (primary N) is 1. The third-order valence-electron chi connectivity index (χ3n) is 1.98. The Hall–Kier alpha value is -0.490. The summed E-state index contributed by atoms with van der Waals surface area (Å²) in [5.74, 6) is 5.08. The Kier molecular flexibility index (Phi) is 5.17. The van der Waals surface area contributed by atoms with Crippen LogP contribution in [0.1, 0.15) is 18.5 Å². The molecule has 0 aromatic heterocycles. The summed E-state index contributed by atoms with van der Waals surface area (Å²) in [6.45, 7) is 2.92. The summed E-state index contributed by atoms with van der Waals surface area (Å²) in [6, 6.07) is 4.45. The van der Waals surface area contributed by atoms with Crippen LogP contribution < -0.4 is 11.3 Å². The van der Waals surface area contributed by atoms with E-state index in [-0.39, 0.29) is 11.9 Å². The molecule has 3 N–H and O–H groups in total. The molecule has 0 fully saturated rings. The van der Waals surface area contributed by atoms with Crippen molar-refractivity contribution in [1.82, 2.24) is 5.43 Å². The third-order valence-corrected chi connectivity index (χ3v) is 2.43. The number of rotatable bonds is 5. The molecule has 1 rings (SSSR count). The van der Waals surface area contributed by atoms with E-state index in [1.54, 1.807) is 0 Å². The van der Waals surface area contributed by atoms with Crippen LogP contribution in [-0.2, 0) is 4.74 Å². The lowest BCUT2D eigenvalue weighted by molar-refractivity contribution is 0.123. The average molecular weight is 277 g/mol. The SMILES string of the molecule is CCOCC(NN)c1cc(F)cc(Br)c1. The summed E-state index contributed by atoms with van der Waals surface area (Å²) in [7, 11) is 0. The molecule has 0 spiro atoms. The highest BCUT2D eigenvalue weighted by molar-refractivity contribution is 9.10. The van der Waals surface area contributed by atoms with Gasteiger partial charge in [-0.25, -0.2) is 4.39 Å². The van der Waals surface area contributed by atoms with Gasteiger partial charge in [-0.3, -0.25) is 11.3 Å². The Morgan fingerprint density at radius 3 is 2.80 bits per heavy atom. The molecular weight excluding hydrogens is 263 g/mol. The monoisotopic (exact) mass is 276 g/mol. The fourth-order valence-electron chi connectivity index (χ4n) is 1.25. The van der Waals surface area contributed by atoms with Gasteiger partial charge in [-0.15, -0.1) is 0 Å². The molecular formula is C10H14BrFN2O. The Bertz CT molecular complexity index is 302. The quantitative estimate of drug-likeness (QED) is 0.640. The zero-order valence-corrected chi connectivity index (χ0v) is 10.1. The number of ether oxygens (including phenoxy) is 1. The van der Waals surface area contributed by atoms with Crippen molar-refractivity contribution in [1.29, 1.82) is 0 Å². The molecule has 0 radical (unpaired) electrons. The van der Waals surface area contributed by atoms with Crippen LogP contribution in [0, 0.1) is 5.82 Å². The van der Waals surface area contributed by atoms with Gasteiger partial charge in [-0.1, -0.05) is 15.9 Å². The molecule has 0 aliphatic rings. The number of benzene rings is 1. The molecule has 0 aliphatic carbocycles. The first-order chi connectivity index (χ1) is 7.17. The van der Waals surface area contributed by atoms with Gasteiger partial charge < -0.3 is 4.74 Å². The van der Waals surface area contributed by atoms with Gasteiger partial charge in [0.15, 0.2) is 0 Å². The van der Waals surface area contributed by atoms with Crippen LogP contribution in [-0.4, -0.2) is 13.2 Å². The number of hydrogen-bond acceptors (Lipinski definition) is 3. The molecule has 84 valence electrons. The lowest BCUT2D eigenvalue weighted by Gasteiger charge is -2.16. The third kappa shape index (κ3) is 3.87. The van der Waals surface area contributed by atoms with Crippen LogP contribution in [0.25, 0.3) is 0 Å². The molecule has 0 saturated heterocycles. The van der Waals surface area contributed by atoms with Crippen molar-refractivity contribution in [2.24, 2.45) is 5.84 Å². The van der Waals surface area contributed by atoms with Gasteiger partial charge in [0.1, 0.15) is 5.82 Å². The van der Waals surface area contributed by atoms with Crippen LogP contribution in [0.2, 0.25) is 0 Å². The van der Waals surface area contributed by atoms with Crippen molar-refractivity contribution >= 4 is 15.9 Å². The first-order valence-corrected chi connectivity index (χ1v) is 5.46. The van der Waals surface area contributed by atoms with Crippen molar-refractivity contribution in [3.63, 3.8) is 0 Å². The second-order valence-corrected chi connectivity index (χ2v) is 4.00. The Balaban J connectivity index is 2.81. The first kappa shape index (κ1) is 12.6. The maximum atomic E-state index is 13.1. The molecule has 0 aliphatic heterocycles. The first-order valence-electron chi connectivity index (χ1n) is 4.67. The van der Waals surface area contributed by atoms with Gasteiger partial charge >= 0.3 is 0 Å². The molecule has 15 heavy (non-hydrogen) atoms. The molecule has 0 bridgehead atoms. The lowest BCUT2D eigenvalue weighted by Crippen LogP contribution is -2.31. The molecule has 3 nitrogen and oxygen atoms in total. The van der Waals surface area contributed by atoms with E-state index in [9.17, 15) is 4.39 Å². The van der Waals surface area contributed by atoms with E-state index < -0.39 is 0 Å². The average Bonchev–Trinajstić information content (AvgIpc) is 2.17. The van der Waals surface area contributed by atoms with Crippen molar-refractivity contribution in [2.45, 2.75) is 13.0 Å². The second kappa shape index (κ2) is 6.17. The van der Waals surface area contributed by atoms with Crippen molar-refractivity contribution in [3.8, 4) is 0 Å². The lowest BCUT2D eigenvalue weighted by atomic mass is 10.1. The van der Waals surface area contributed by atoms with E-state index in [0.717, 1.165) is 5.56 Å². The summed E-state index contributed by atoms with van der Waals surface area (Å²) in [5, 5.41) is 0. The number of nitrogens with one attached hydrogen (secondary N) is 1. The number of halogens is 2. The van der Waals surface area contributed by atoms with E-state index in [1.807, 2.05) is 13.0 Å². The van der Waals surface area contributed by atoms with Gasteiger partial charge in [0.25, 0.3) is 0 Å². The molecule has 0 heterocycles.